The fraction of sp³-hybridized carbons (Fsp3) is 0.375. The second-order valence-corrected chi connectivity index (χ2v) is 3.43. The smallest absolute Gasteiger partial charge is 0.329 e. The third kappa shape index (κ3) is 3.70. The highest BCUT2D eigenvalue weighted by Gasteiger charge is 2.06. The van der Waals surface area contributed by atoms with Crippen molar-refractivity contribution in [3.63, 3.8) is 0 Å². The van der Waals surface area contributed by atoms with E-state index in [2.05, 4.69) is 41.5 Å². The number of carbonyl (C=O) groups excluding carboxylic acids is 1. The Bertz CT molecular complexity index is 358. The normalized spacial score (nSPS) is 9.53. The monoisotopic (exact) mass is 274 g/mol. The molecule has 0 radical (unpaired) electrons. The van der Waals surface area contributed by atoms with Gasteiger partial charge >= 0.3 is 5.97 Å². The van der Waals surface area contributed by atoms with Crippen molar-refractivity contribution < 1.29 is 9.63 Å². The molecule has 82 valence electrons. The highest BCUT2D eigenvalue weighted by atomic mass is 79.9. The highest BCUT2D eigenvalue weighted by Crippen LogP contribution is 2.18. The van der Waals surface area contributed by atoms with Crippen molar-refractivity contribution in [1.82, 2.24) is 9.97 Å². The summed E-state index contributed by atoms with van der Waals surface area (Å²) in [4.78, 5) is 23.3. The van der Waals surface area contributed by atoms with Crippen LogP contribution in [0.25, 0.3) is 0 Å². The number of hydrogen-bond donors (Lipinski definition) is 2. The van der Waals surface area contributed by atoms with Gasteiger partial charge in [-0.3, -0.25) is 4.79 Å². The molecule has 0 saturated carbocycles. The quantitative estimate of drug-likeness (QED) is 0.812. The fourth-order valence-corrected chi connectivity index (χ4v) is 1.13. The number of carbonyl (C=O) groups is 1. The third-order valence-corrected chi connectivity index (χ3v) is 1.76. The molecule has 0 unspecified atom stereocenters. The molecule has 1 aromatic rings. The van der Waals surface area contributed by atoms with E-state index < -0.39 is 5.97 Å². The molecule has 0 aliphatic heterocycles. The van der Waals surface area contributed by atoms with Gasteiger partial charge in [-0.1, -0.05) is 0 Å². The Morgan fingerprint density at radius 3 is 2.93 bits per heavy atom. The molecular formula is C8H11BrN4O2. The van der Waals surface area contributed by atoms with Gasteiger partial charge in [0, 0.05) is 13.5 Å². The van der Waals surface area contributed by atoms with Crippen LogP contribution in [-0.2, 0) is 9.63 Å². The summed E-state index contributed by atoms with van der Waals surface area (Å²) < 4.78 is 0.604. The molecule has 0 amide bonds. The van der Waals surface area contributed by atoms with E-state index in [1.165, 1.54) is 13.1 Å². The average molecular weight is 275 g/mol. The maximum atomic E-state index is 10.6. The molecule has 1 heterocycles. The molecule has 7 heteroatoms. The van der Waals surface area contributed by atoms with Crippen LogP contribution >= 0.6 is 15.9 Å². The molecule has 1 rings (SSSR count). The van der Waals surface area contributed by atoms with Crippen LogP contribution in [0, 0.1) is 0 Å². The molecule has 0 aromatic carbocycles. The fourth-order valence-electron chi connectivity index (χ4n) is 0.853. The van der Waals surface area contributed by atoms with Gasteiger partial charge in [0.2, 0.25) is 5.82 Å². The number of aromatic nitrogens is 2. The molecule has 15 heavy (non-hydrogen) atoms. The zero-order valence-corrected chi connectivity index (χ0v) is 9.96. The predicted octanol–water partition coefficient (Wildman–Crippen LogP) is 1.56. The molecule has 1 aromatic heterocycles. The van der Waals surface area contributed by atoms with Gasteiger partial charge in [0.05, 0.1) is 6.20 Å². The summed E-state index contributed by atoms with van der Waals surface area (Å²) in [6.45, 7) is 3.92. The number of anilines is 2. The molecular weight excluding hydrogens is 264 g/mol. The Kier molecular flexibility index (Phi) is 4.29. The number of halogens is 1. The Morgan fingerprint density at radius 1 is 1.60 bits per heavy atom. The summed E-state index contributed by atoms with van der Waals surface area (Å²) in [6, 6.07) is 0. The van der Waals surface area contributed by atoms with E-state index >= 15 is 0 Å². The van der Waals surface area contributed by atoms with Crippen LogP contribution in [0.1, 0.15) is 13.8 Å². The van der Waals surface area contributed by atoms with Gasteiger partial charge in [-0.25, -0.2) is 9.97 Å². The minimum Gasteiger partial charge on any atom is -0.367 e. The van der Waals surface area contributed by atoms with E-state index in [1.54, 1.807) is 0 Å². The van der Waals surface area contributed by atoms with Crippen LogP contribution in [0.15, 0.2) is 10.8 Å². The largest absolute Gasteiger partial charge is 0.367 e. The van der Waals surface area contributed by atoms with Crippen LogP contribution in [-0.4, -0.2) is 22.5 Å². The van der Waals surface area contributed by atoms with Crippen LogP contribution in [0.2, 0.25) is 0 Å². The van der Waals surface area contributed by atoms with Crippen molar-refractivity contribution in [2.45, 2.75) is 13.8 Å². The summed E-state index contributed by atoms with van der Waals surface area (Å²) in [6.07, 6.45) is 1.51. The first-order valence-electron chi connectivity index (χ1n) is 4.33. The molecule has 0 saturated heterocycles. The van der Waals surface area contributed by atoms with Gasteiger partial charge in [-0.05, 0) is 22.9 Å². The average Bonchev–Trinajstić information content (AvgIpc) is 2.17. The number of nitrogens with zero attached hydrogens (tertiary/aromatic N) is 2. The minimum absolute atomic E-state index is 0.371. The Balaban J connectivity index is 2.80. The van der Waals surface area contributed by atoms with E-state index in [-0.39, 0.29) is 0 Å². The molecule has 0 atom stereocenters. The van der Waals surface area contributed by atoms with E-state index in [0.29, 0.717) is 22.8 Å². The maximum absolute atomic E-state index is 10.6. The van der Waals surface area contributed by atoms with Crippen LogP contribution in [0.3, 0.4) is 0 Å². The van der Waals surface area contributed by atoms with E-state index in [1.807, 2.05) is 6.92 Å². The highest BCUT2D eigenvalue weighted by molar-refractivity contribution is 9.10. The number of nitrogens with one attached hydrogen (secondary N) is 2. The van der Waals surface area contributed by atoms with Crippen LogP contribution in [0.5, 0.6) is 0 Å². The molecule has 0 bridgehead atoms. The van der Waals surface area contributed by atoms with Gasteiger partial charge in [-0.2, -0.15) is 5.48 Å². The first-order valence-corrected chi connectivity index (χ1v) is 5.12. The minimum atomic E-state index is -0.442. The summed E-state index contributed by atoms with van der Waals surface area (Å²) in [7, 11) is 0. The maximum Gasteiger partial charge on any atom is 0.329 e. The van der Waals surface area contributed by atoms with Crippen LogP contribution in [0.4, 0.5) is 11.6 Å². The third-order valence-electron chi connectivity index (χ3n) is 1.38. The lowest BCUT2D eigenvalue weighted by Gasteiger charge is -2.09. The zero-order chi connectivity index (χ0) is 11.3. The molecule has 0 aliphatic carbocycles. The summed E-state index contributed by atoms with van der Waals surface area (Å²) >= 11 is 3.20. The standard InChI is InChI=1S/C8H11BrN4O2/c1-3-10-7-8(13-15-5(2)14)11-4-6(9)12-7/h4H,3H2,1-2H3,(H,10,12)(H,11,13). The Morgan fingerprint density at radius 2 is 2.33 bits per heavy atom. The van der Waals surface area contributed by atoms with E-state index in [4.69, 9.17) is 0 Å². The lowest BCUT2D eigenvalue weighted by Crippen LogP contribution is -2.11. The molecule has 0 spiro atoms. The summed E-state index contributed by atoms with van der Waals surface area (Å²) in [5.41, 5.74) is 2.42. The molecule has 0 fully saturated rings. The van der Waals surface area contributed by atoms with Gasteiger partial charge in [0.15, 0.2) is 5.82 Å². The topological polar surface area (TPSA) is 76.1 Å². The molecule has 2 N–H and O–H groups in total. The van der Waals surface area contributed by atoms with Crippen molar-refractivity contribution in [1.29, 1.82) is 0 Å². The first-order chi connectivity index (χ1) is 7.13. The van der Waals surface area contributed by atoms with Gasteiger partial charge in [0.25, 0.3) is 0 Å². The summed E-state index contributed by atoms with van der Waals surface area (Å²) in [5.74, 6) is 0.450. The second-order valence-electron chi connectivity index (χ2n) is 2.62. The van der Waals surface area contributed by atoms with Gasteiger partial charge < -0.3 is 10.2 Å². The van der Waals surface area contributed by atoms with Crippen molar-refractivity contribution >= 4 is 33.5 Å². The van der Waals surface area contributed by atoms with E-state index in [0.717, 1.165) is 0 Å². The zero-order valence-electron chi connectivity index (χ0n) is 8.37. The van der Waals surface area contributed by atoms with E-state index in [9.17, 15) is 4.79 Å². The Labute approximate surface area is 95.5 Å². The second kappa shape index (κ2) is 5.50. The first kappa shape index (κ1) is 11.7. The van der Waals surface area contributed by atoms with Crippen LogP contribution < -0.4 is 10.8 Å². The summed E-state index contributed by atoms with van der Waals surface area (Å²) in [5, 5.41) is 2.98. The number of rotatable bonds is 4. The predicted molar refractivity (Wildman–Crippen MR) is 59.3 cm³/mol. The van der Waals surface area contributed by atoms with Crippen molar-refractivity contribution in [2.24, 2.45) is 0 Å². The lowest BCUT2D eigenvalue weighted by molar-refractivity contribution is -0.138. The molecule has 6 nitrogen and oxygen atoms in total. The number of hydrogen-bond acceptors (Lipinski definition) is 6. The Hall–Kier alpha value is -1.37. The van der Waals surface area contributed by atoms with Gasteiger partial charge in [-0.15, -0.1) is 0 Å². The SMILES string of the molecule is CCNc1nc(Br)cnc1NOC(C)=O. The van der Waals surface area contributed by atoms with Crippen molar-refractivity contribution in [3.05, 3.63) is 10.8 Å². The van der Waals surface area contributed by atoms with Crippen molar-refractivity contribution in [3.8, 4) is 0 Å². The van der Waals surface area contributed by atoms with Gasteiger partial charge in [0.1, 0.15) is 4.60 Å². The van der Waals surface area contributed by atoms with Crippen molar-refractivity contribution in [2.75, 3.05) is 17.3 Å². The molecule has 0 aliphatic rings. The lowest BCUT2D eigenvalue weighted by atomic mass is 10.5.